The number of rotatable bonds is 5. The van der Waals surface area contributed by atoms with Crippen molar-refractivity contribution in [1.82, 2.24) is 9.97 Å². The number of nitrogens with one attached hydrogen (secondary N) is 2. The second-order valence-electron chi connectivity index (χ2n) is 5.35. The molecule has 5 nitrogen and oxygen atoms in total. The van der Waals surface area contributed by atoms with E-state index >= 15 is 0 Å². The lowest BCUT2D eigenvalue weighted by atomic mass is 9.95. The molecule has 0 spiro atoms. The first-order valence-corrected chi connectivity index (χ1v) is 5.80. The quantitative estimate of drug-likeness (QED) is 0.724. The maximum absolute atomic E-state index is 11.4. The smallest absolute Gasteiger partial charge is 0.252 e. The van der Waals surface area contributed by atoms with Gasteiger partial charge in [0, 0.05) is 30.6 Å². The highest BCUT2D eigenvalue weighted by molar-refractivity contribution is 5.33. The summed E-state index contributed by atoms with van der Waals surface area (Å²) in [4.78, 5) is 18.4. The molecule has 17 heavy (non-hydrogen) atoms. The Hall–Kier alpha value is -1.36. The second-order valence-corrected chi connectivity index (χ2v) is 5.35. The SMILES string of the molecule is CC(C)c1nc(NCC(C)(C)CO)cc(=O)[nH]1. The van der Waals surface area contributed by atoms with Gasteiger partial charge < -0.3 is 15.4 Å². The molecule has 5 heteroatoms. The van der Waals surface area contributed by atoms with Crippen LogP contribution in [0.4, 0.5) is 5.82 Å². The molecule has 0 atom stereocenters. The zero-order chi connectivity index (χ0) is 13.1. The van der Waals surface area contributed by atoms with Gasteiger partial charge in [0.25, 0.3) is 5.56 Å². The van der Waals surface area contributed by atoms with Gasteiger partial charge in [-0.15, -0.1) is 0 Å². The van der Waals surface area contributed by atoms with Crippen LogP contribution in [-0.4, -0.2) is 28.2 Å². The van der Waals surface area contributed by atoms with Gasteiger partial charge in [0.15, 0.2) is 0 Å². The number of aliphatic hydroxyl groups is 1. The van der Waals surface area contributed by atoms with Gasteiger partial charge in [-0.25, -0.2) is 4.98 Å². The van der Waals surface area contributed by atoms with Crippen molar-refractivity contribution >= 4 is 5.82 Å². The molecule has 0 radical (unpaired) electrons. The van der Waals surface area contributed by atoms with Gasteiger partial charge in [0.1, 0.15) is 11.6 Å². The van der Waals surface area contributed by atoms with Crippen LogP contribution in [0.25, 0.3) is 0 Å². The lowest BCUT2D eigenvalue weighted by molar-refractivity contribution is 0.170. The average molecular weight is 239 g/mol. The zero-order valence-electron chi connectivity index (χ0n) is 10.9. The van der Waals surface area contributed by atoms with Crippen molar-refractivity contribution < 1.29 is 5.11 Å². The van der Waals surface area contributed by atoms with Crippen LogP contribution in [0.1, 0.15) is 39.4 Å². The monoisotopic (exact) mass is 239 g/mol. The predicted octanol–water partition coefficient (Wildman–Crippen LogP) is 1.32. The van der Waals surface area contributed by atoms with Crippen LogP contribution in [0.15, 0.2) is 10.9 Å². The fourth-order valence-electron chi connectivity index (χ4n) is 1.23. The van der Waals surface area contributed by atoms with Crippen molar-refractivity contribution in [2.24, 2.45) is 5.41 Å². The predicted molar refractivity (Wildman–Crippen MR) is 68.3 cm³/mol. The second kappa shape index (κ2) is 5.31. The van der Waals surface area contributed by atoms with Gasteiger partial charge in [0.2, 0.25) is 0 Å². The lowest BCUT2D eigenvalue weighted by Crippen LogP contribution is -2.28. The highest BCUT2D eigenvalue weighted by Gasteiger charge is 2.16. The summed E-state index contributed by atoms with van der Waals surface area (Å²) in [6.45, 7) is 8.48. The van der Waals surface area contributed by atoms with E-state index in [4.69, 9.17) is 5.11 Å². The Kier molecular flexibility index (Phi) is 4.28. The van der Waals surface area contributed by atoms with Crippen LogP contribution in [0, 0.1) is 5.41 Å². The fraction of sp³-hybridized carbons (Fsp3) is 0.667. The highest BCUT2D eigenvalue weighted by Crippen LogP contribution is 2.15. The third-order valence-electron chi connectivity index (χ3n) is 2.48. The lowest BCUT2D eigenvalue weighted by Gasteiger charge is -2.22. The molecule has 96 valence electrons. The van der Waals surface area contributed by atoms with E-state index in [2.05, 4.69) is 15.3 Å². The van der Waals surface area contributed by atoms with Crippen molar-refractivity contribution in [2.45, 2.75) is 33.6 Å². The van der Waals surface area contributed by atoms with Gasteiger partial charge in [-0.1, -0.05) is 27.7 Å². The van der Waals surface area contributed by atoms with Crippen LogP contribution in [0.5, 0.6) is 0 Å². The summed E-state index contributed by atoms with van der Waals surface area (Å²) >= 11 is 0. The van der Waals surface area contributed by atoms with Gasteiger partial charge in [-0.05, 0) is 0 Å². The van der Waals surface area contributed by atoms with E-state index in [1.807, 2.05) is 27.7 Å². The Morgan fingerprint density at radius 1 is 1.53 bits per heavy atom. The highest BCUT2D eigenvalue weighted by atomic mass is 16.3. The molecule has 1 aromatic heterocycles. The van der Waals surface area contributed by atoms with Gasteiger partial charge in [-0.3, -0.25) is 4.79 Å². The van der Waals surface area contributed by atoms with Crippen LogP contribution in [0.3, 0.4) is 0 Å². The number of nitrogens with zero attached hydrogens (tertiary/aromatic N) is 1. The molecule has 0 unspecified atom stereocenters. The Labute approximate surface area is 101 Å². The topological polar surface area (TPSA) is 78.0 Å². The molecule has 1 rings (SSSR count). The van der Waals surface area contributed by atoms with Crippen molar-refractivity contribution in [3.63, 3.8) is 0 Å². The van der Waals surface area contributed by atoms with Crippen LogP contribution in [-0.2, 0) is 0 Å². The molecule has 0 saturated heterocycles. The molecule has 0 saturated carbocycles. The van der Waals surface area contributed by atoms with E-state index < -0.39 is 0 Å². The van der Waals surface area contributed by atoms with Gasteiger partial charge in [0.05, 0.1) is 0 Å². The molecule has 0 aromatic carbocycles. The number of aliphatic hydroxyl groups excluding tert-OH is 1. The summed E-state index contributed by atoms with van der Waals surface area (Å²) in [6.07, 6.45) is 0. The standard InChI is InChI=1S/C12H21N3O2/c1-8(2)11-14-9(5-10(17)15-11)13-6-12(3,4)7-16/h5,8,16H,6-7H2,1-4H3,(H2,13,14,15,17). The molecule has 0 aliphatic heterocycles. The van der Waals surface area contributed by atoms with Crippen molar-refractivity contribution in [3.05, 3.63) is 22.2 Å². The summed E-state index contributed by atoms with van der Waals surface area (Å²) < 4.78 is 0. The summed E-state index contributed by atoms with van der Waals surface area (Å²) in [5, 5.41) is 12.2. The number of H-pyrrole nitrogens is 1. The van der Waals surface area contributed by atoms with E-state index in [0.29, 0.717) is 18.2 Å². The first-order chi connectivity index (χ1) is 7.84. The van der Waals surface area contributed by atoms with Crippen molar-refractivity contribution in [1.29, 1.82) is 0 Å². The van der Waals surface area contributed by atoms with Crippen molar-refractivity contribution in [3.8, 4) is 0 Å². The zero-order valence-corrected chi connectivity index (χ0v) is 10.9. The Morgan fingerprint density at radius 2 is 2.18 bits per heavy atom. The first kappa shape index (κ1) is 13.7. The molecule has 3 N–H and O–H groups in total. The minimum Gasteiger partial charge on any atom is -0.396 e. The summed E-state index contributed by atoms with van der Waals surface area (Å²) in [6, 6.07) is 1.43. The molecule has 1 aromatic rings. The van der Waals surface area contributed by atoms with Crippen LogP contribution < -0.4 is 10.9 Å². The Balaban J connectivity index is 2.82. The average Bonchev–Trinajstić information content (AvgIpc) is 2.26. The minimum absolute atomic E-state index is 0.0836. The number of aromatic nitrogens is 2. The number of aromatic amines is 1. The molecule has 0 aliphatic carbocycles. The summed E-state index contributed by atoms with van der Waals surface area (Å²) in [7, 11) is 0. The maximum atomic E-state index is 11.4. The molecule has 0 amide bonds. The van der Waals surface area contributed by atoms with E-state index in [0.717, 1.165) is 0 Å². The van der Waals surface area contributed by atoms with E-state index in [1.54, 1.807) is 0 Å². The largest absolute Gasteiger partial charge is 0.396 e. The maximum Gasteiger partial charge on any atom is 0.252 e. The minimum atomic E-state index is -0.234. The Morgan fingerprint density at radius 3 is 2.71 bits per heavy atom. The number of hydrogen-bond donors (Lipinski definition) is 3. The Bertz CT molecular complexity index is 424. The fourth-order valence-corrected chi connectivity index (χ4v) is 1.23. The van der Waals surface area contributed by atoms with E-state index in [9.17, 15) is 4.79 Å². The molecule has 0 fully saturated rings. The molecule has 0 bridgehead atoms. The molecular formula is C12H21N3O2. The van der Waals surface area contributed by atoms with Gasteiger partial charge >= 0.3 is 0 Å². The molecule has 0 aliphatic rings. The first-order valence-electron chi connectivity index (χ1n) is 5.80. The summed E-state index contributed by atoms with van der Waals surface area (Å²) in [5.74, 6) is 1.40. The van der Waals surface area contributed by atoms with Crippen molar-refractivity contribution in [2.75, 3.05) is 18.5 Å². The normalized spacial score (nSPS) is 11.9. The summed E-state index contributed by atoms with van der Waals surface area (Å²) in [5.41, 5.74) is -0.393. The van der Waals surface area contributed by atoms with Crippen LogP contribution >= 0.6 is 0 Å². The number of hydrogen-bond acceptors (Lipinski definition) is 4. The molecular weight excluding hydrogens is 218 g/mol. The van der Waals surface area contributed by atoms with Crippen LogP contribution in [0.2, 0.25) is 0 Å². The van der Waals surface area contributed by atoms with E-state index in [-0.39, 0.29) is 23.5 Å². The van der Waals surface area contributed by atoms with Gasteiger partial charge in [-0.2, -0.15) is 0 Å². The third-order valence-corrected chi connectivity index (χ3v) is 2.48. The number of anilines is 1. The third kappa shape index (κ3) is 4.19. The molecule has 1 heterocycles. The van der Waals surface area contributed by atoms with E-state index in [1.165, 1.54) is 6.07 Å².